The summed E-state index contributed by atoms with van der Waals surface area (Å²) >= 11 is 0. The van der Waals surface area contributed by atoms with Crippen molar-refractivity contribution in [3.63, 3.8) is 0 Å². The lowest BCUT2D eigenvalue weighted by molar-refractivity contribution is -0.125. The Morgan fingerprint density at radius 1 is 1.36 bits per heavy atom. The molecule has 8 heteroatoms. The average molecular weight is 369 g/mol. The van der Waals surface area contributed by atoms with E-state index in [2.05, 4.69) is 15.5 Å². The first kappa shape index (κ1) is 20.9. The number of hydrogen-bond acceptors (Lipinski definition) is 6. The highest BCUT2D eigenvalue weighted by molar-refractivity contribution is 5.85. The van der Waals surface area contributed by atoms with Crippen molar-refractivity contribution in [2.24, 2.45) is 11.1 Å². The fourth-order valence-corrected chi connectivity index (χ4v) is 2.05. The van der Waals surface area contributed by atoms with Crippen molar-refractivity contribution >= 4 is 18.3 Å². The van der Waals surface area contributed by atoms with Crippen LogP contribution in [-0.2, 0) is 4.79 Å². The lowest BCUT2D eigenvalue weighted by Crippen LogP contribution is -2.49. The molecule has 1 amide bonds. The van der Waals surface area contributed by atoms with E-state index in [1.54, 1.807) is 14.0 Å². The normalized spacial score (nSPS) is 13.5. The maximum Gasteiger partial charge on any atom is 0.249 e. The second-order valence-corrected chi connectivity index (χ2v) is 6.76. The van der Waals surface area contributed by atoms with E-state index in [-0.39, 0.29) is 23.7 Å². The molecule has 1 unspecified atom stereocenters. The highest BCUT2D eigenvalue weighted by atomic mass is 35.5. The molecule has 0 aliphatic rings. The van der Waals surface area contributed by atoms with Crippen LogP contribution in [0.3, 0.4) is 0 Å². The number of carbonyl (C=O) groups excluding carboxylic acids is 1. The Balaban J connectivity index is 0.00000312. The van der Waals surface area contributed by atoms with E-state index in [1.807, 2.05) is 45.0 Å². The standard InChI is InChI=1S/C17H24N4O3.ClH/c1-10(19-15(22)13(18)17(2,3)4)16-20-14(21-24-16)11-7-6-8-12(9-11)23-5;/h6-10,13H,18H2,1-5H3,(H,19,22);1H/t10?,13-;/m1./s1. The minimum atomic E-state index is -0.624. The zero-order chi connectivity index (χ0) is 17.9. The van der Waals surface area contributed by atoms with E-state index >= 15 is 0 Å². The summed E-state index contributed by atoms with van der Waals surface area (Å²) in [5, 5.41) is 6.76. The number of halogens is 1. The summed E-state index contributed by atoms with van der Waals surface area (Å²) in [5.74, 6) is 1.21. The van der Waals surface area contributed by atoms with E-state index in [1.165, 1.54) is 0 Å². The molecule has 1 aromatic heterocycles. The van der Waals surface area contributed by atoms with Gasteiger partial charge in [0, 0.05) is 5.56 Å². The molecule has 2 aromatic rings. The predicted octanol–water partition coefficient (Wildman–Crippen LogP) is 2.72. The van der Waals surface area contributed by atoms with Gasteiger partial charge in [0.15, 0.2) is 0 Å². The number of methoxy groups -OCH3 is 1. The van der Waals surface area contributed by atoms with Gasteiger partial charge >= 0.3 is 0 Å². The molecule has 138 valence electrons. The van der Waals surface area contributed by atoms with Gasteiger partial charge in [0.1, 0.15) is 11.8 Å². The van der Waals surface area contributed by atoms with Crippen LogP contribution in [0.25, 0.3) is 11.4 Å². The minimum absolute atomic E-state index is 0. The summed E-state index contributed by atoms with van der Waals surface area (Å²) in [6.07, 6.45) is 0. The van der Waals surface area contributed by atoms with Crippen LogP contribution in [0.2, 0.25) is 0 Å². The molecule has 0 aliphatic carbocycles. The van der Waals surface area contributed by atoms with E-state index in [0.29, 0.717) is 17.5 Å². The number of carbonyl (C=O) groups is 1. The lowest BCUT2D eigenvalue weighted by atomic mass is 9.87. The topological polar surface area (TPSA) is 103 Å². The van der Waals surface area contributed by atoms with Gasteiger partial charge in [-0.2, -0.15) is 4.98 Å². The summed E-state index contributed by atoms with van der Waals surface area (Å²) in [7, 11) is 1.59. The predicted molar refractivity (Wildman–Crippen MR) is 97.5 cm³/mol. The summed E-state index contributed by atoms with van der Waals surface area (Å²) in [6.45, 7) is 7.51. The average Bonchev–Trinajstić information content (AvgIpc) is 3.03. The highest BCUT2D eigenvalue weighted by Crippen LogP contribution is 2.23. The molecule has 0 fully saturated rings. The van der Waals surface area contributed by atoms with Crippen LogP contribution in [0.1, 0.15) is 39.6 Å². The summed E-state index contributed by atoms with van der Waals surface area (Å²) in [4.78, 5) is 16.5. The zero-order valence-electron chi connectivity index (χ0n) is 15.1. The smallest absolute Gasteiger partial charge is 0.249 e. The van der Waals surface area contributed by atoms with Crippen molar-refractivity contribution in [3.8, 4) is 17.1 Å². The van der Waals surface area contributed by atoms with Gasteiger partial charge in [0.2, 0.25) is 17.6 Å². The van der Waals surface area contributed by atoms with Gasteiger partial charge in [-0.1, -0.05) is 38.1 Å². The monoisotopic (exact) mass is 368 g/mol. The van der Waals surface area contributed by atoms with Gasteiger partial charge in [-0.3, -0.25) is 4.79 Å². The van der Waals surface area contributed by atoms with Crippen LogP contribution < -0.4 is 15.8 Å². The number of rotatable bonds is 5. The second-order valence-electron chi connectivity index (χ2n) is 6.76. The first-order valence-corrected chi connectivity index (χ1v) is 7.76. The van der Waals surface area contributed by atoms with Crippen molar-refractivity contribution in [2.75, 3.05) is 7.11 Å². The maximum absolute atomic E-state index is 12.2. The molecular weight excluding hydrogens is 344 g/mol. The molecule has 0 spiro atoms. The fourth-order valence-electron chi connectivity index (χ4n) is 2.05. The van der Waals surface area contributed by atoms with Crippen LogP contribution in [0.5, 0.6) is 5.75 Å². The van der Waals surface area contributed by atoms with Crippen molar-refractivity contribution in [2.45, 2.75) is 39.8 Å². The third kappa shape index (κ3) is 5.17. The van der Waals surface area contributed by atoms with Gasteiger partial charge in [0.05, 0.1) is 13.2 Å². The third-order valence-corrected chi connectivity index (χ3v) is 3.71. The number of benzene rings is 1. The highest BCUT2D eigenvalue weighted by Gasteiger charge is 2.29. The number of ether oxygens (including phenoxy) is 1. The molecule has 1 heterocycles. The Morgan fingerprint density at radius 3 is 2.64 bits per heavy atom. The molecule has 0 saturated heterocycles. The van der Waals surface area contributed by atoms with E-state index in [0.717, 1.165) is 5.56 Å². The molecule has 0 aliphatic heterocycles. The number of hydrogen-bond donors (Lipinski definition) is 2. The Kier molecular flexibility index (Phi) is 6.96. The van der Waals surface area contributed by atoms with Crippen LogP contribution in [0.15, 0.2) is 28.8 Å². The molecular formula is C17H25ClN4O3. The Morgan fingerprint density at radius 2 is 2.04 bits per heavy atom. The Bertz CT molecular complexity index is 712. The second kappa shape index (κ2) is 8.31. The van der Waals surface area contributed by atoms with Gasteiger partial charge in [-0.05, 0) is 24.5 Å². The quantitative estimate of drug-likeness (QED) is 0.840. The molecule has 7 nitrogen and oxygen atoms in total. The Labute approximate surface area is 153 Å². The number of nitrogens with two attached hydrogens (primary N) is 1. The van der Waals surface area contributed by atoms with Crippen LogP contribution >= 0.6 is 12.4 Å². The minimum Gasteiger partial charge on any atom is -0.497 e. The lowest BCUT2D eigenvalue weighted by Gasteiger charge is -2.26. The van der Waals surface area contributed by atoms with E-state index < -0.39 is 12.1 Å². The van der Waals surface area contributed by atoms with Crippen LogP contribution in [0, 0.1) is 5.41 Å². The largest absolute Gasteiger partial charge is 0.497 e. The molecule has 3 N–H and O–H groups in total. The van der Waals surface area contributed by atoms with Crippen molar-refractivity contribution in [1.82, 2.24) is 15.5 Å². The zero-order valence-corrected chi connectivity index (χ0v) is 15.9. The Hall–Kier alpha value is -2.12. The van der Waals surface area contributed by atoms with Crippen molar-refractivity contribution < 1.29 is 14.1 Å². The molecule has 1 aromatic carbocycles. The maximum atomic E-state index is 12.2. The SMILES string of the molecule is COc1cccc(-c2noc(C(C)NC(=O)[C@@H](N)C(C)(C)C)n2)c1.Cl. The van der Waals surface area contributed by atoms with Crippen LogP contribution in [0.4, 0.5) is 0 Å². The summed E-state index contributed by atoms with van der Waals surface area (Å²) in [5.41, 5.74) is 6.40. The number of amides is 1. The molecule has 0 bridgehead atoms. The molecule has 2 atom stereocenters. The van der Waals surface area contributed by atoms with E-state index in [9.17, 15) is 4.79 Å². The van der Waals surface area contributed by atoms with Crippen molar-refractivity contribution in [1.29, 1.82) is 0 Å². The molecule has 0 radical (unpaired) electrons. The summed E-state index contributed by atoms with van der Waals surface area (Å²) < 4.78 is 10.4. The number of aromatic nitrogens is 2. The van der Waals surface area contributed by atoms with Gasteiger partial charge < -0.3 is 20.3 Å². The molecule has 2 rings (SSSR count). The van der Waals surface area contributed by atoms with Gasteiger partial charge in [-0.15, -0.1) is 12.4 Å². The van der Waals surface area contributed by atoms with Gasteiger partial charge in [-0.25, -0.2) is 0 Å². The van der Waals surface area contributed by atoms with E-state index in [4.69, 9.17) is 15.0 Å². The summed E-state index contributed by atoms with van der Waals surface area (Å²) in [6, 6.07) is 6.29. The number of nitrogens with one attached hydrogen (secondary N) is 1. The molecule has 25 heavy (non-hydrogen) atoms. The van der Waals surface area contributed by atoms with Gasteiger partial charge in [0.25, 0.3) is 0 Å². The van der Waals surface area contributed by atoms with Crippen molar-refractivity contribution in [3.05, 3.63) is 30.2 Å². The third-order valence-electron chi connectivity index (χ3n) is 3.71. The first-order valence-electron chi connectivity index (χ1n) is 7.76. The first-order chi connectivity index (χ1) is 11.2. The number of nitrogens with zero attached hydrogens (tertiary/aromatic N) is 2. The fraction of sp³-hybridized carbons (Fsp3) is 0.471. The molecule has 0 saturated carbocycles. The van der Waals surface area contributed by atoms with Crippen LogP contribution in [-0.4, -0.2) is 29.2 Å².